The fraction of sp³-hybridized carbons (Fsp3) is 0.235. The molecule has 2 rings (SSSR count). The fourth-order valence-corrected chi connectivity index (χ4v) is 2.13. The van der Waals surface area contributed by atoms with Crippen molar-refractivity contribution >= 4 is 6.29 Å². The number of aryl methyl sites for hydroxylation is 1. The molecule has 2 aromatic carbocycles. The van der Waals surface area contributed by atoms with E-state index in [-0.39, 0.29) is 5.92 Å². The van der Waals surface area contributed by atoms with Crippen LogP contribution in [-0.4, -0.2) is 6.29 Å². The summed E-state index contributed by atoms with van der Waals surface area (Å²) in [6, 6.07) is 20.6. The number of hydrogen-bond acceptors (Lipinski definition) is 1. The zero-order chi connectivity index (χ0) is 12.6. The molecule has 0 heterocycles. The van der Waals surface area contributed by atoms with Gasteiger partial charge in [-0.05, 0) is 30.4 Å². The van der Waals surface area contributed by atoms with Crippen molar-refractivity contribution in [1.29, 1.82) is 0 Å². The first-order valence-electron chi connectivity index (χ1n) is 6.41. The third kappa shape index (κ3) is 3.85. The molecule has 0 aliphatic heterocycles. The van der Waals surface area contributed by atoms with Crippen molar-refractivity contribution in [3.05, 3.63) is 71.8 Å². The SMILES string of the molecule is O=C[C@@H](CCc1ccccc1)Cc1ccccc1. The van der Waals surface area contributed by atoms with E-state index in [9.17, 15) is 4.79 Å². The second-order valence-electron chi connectivity index (χ2n) is 4.61. The molecule has 92 valence electrons. The monoisotopic (exact) mass is 238 g/mol. The quantitative estimate of drug-likeness (QED) is 0.702. The van der Waals surface area contributed by atoms with E-state index in [4.69, 9.17) is 0 Å². The third-order valence-corrected chi connectivity index (χ3v) is 3.18. The van der Waals surface area contributed by atoms with E-state index in [1.54, 1.807) is 0 Å². The van der Waals surface area contributed by atoms with Gasteiger partial charge in [0.1, 0.15) is 6.29 Å². The van der Waals surface area contributed by atoms with Gasteiger partial charge in [-0.15, -0.1) is 0 Å². The largest absolute Gasteiger partial charge is 0.303 e. The topological polar surface area (TPSA) is 17.1 Å². The van der Waals surface area contributed by atoms with Crippen molar-refractivity contribution in [2.24, 2.45) is 5.92 Å². The molecule has 0 aromatic heterocycles. The Kier molecular flexibility index (Phi) is 4.71. The third-order valence-electron chi connectivity index (χ3n) is 3.18. The standard InChI is InChI=1S/C17H18O/c18-14-17(13-16-9-5-2-6-10-16)12-11-15-7-3-1-4-8-15/h1-10,14,17H,11-13H2/t17-/m0/s1. The van der Waals surface area contributed by atoms with Crippen molar-refractivity contribution in [2.75, 3.05) is 0 Å². The van der Waals surface area contributed by atoms with Crippen LogP contribution in [-0.2, 0) is 17.6 Å². The van der Waals surface area contributed by atoms with Gasteiger partial charge in [0.2, 0.25) is 0 Å². The van der Waals surface area contributed by atoms with Gasteiger partial charge in [0, 0.05) is 5.92 Å². The lowest BCUT2D eigenvalue weighted by molar-refractivity contribution is -0.111. The maximum Gasteiger partial charge on any atom is 0.123 e. The first kappa shape index (κ1) is 12.6. The normalized spacial score (nSPS) is 12.0. The molecule has 0 fully saturated rings. The van der Waals surface area contributed by atoms with Crippen molar-refractivity contribution in [1.82, 2.24) is 0 Å². The van der Waals surface area contributed by atoms with E-state index in [1.807, 2.05) is 36.4 Å². The van der Waals surface area contributed by atoms with Gasteiger partial charge in [-0.2, -0.15) is 0 Å². The van der Waals surface area contributed by atoms with Crippen LogP contribution in [0, 0.1) is 5.92 Å². The molecule has 18 heavy (non-hydrogen) atoms. The molecule has 0 bridgehead atoms. The van der Waals surface area contributed by atoms with E-state index in [2.05, 4.69) is 24.3 Å². The molecule has 1 nitrogen and oxygen atoms in total. The number of benzene rings is 2. The lowest BCUT2D eigenvalue weighted by Gasteiger charge is -2.10. The van der Waals surface area contributed by atoms with Crippen molar-refractivity contribution in [3.63, 3.8) is 0 Å². The van der Waals surface area contributed by atoms with Crippen LogP contribution in [0.3, 0.4) is 0 Å². The molecule has 0 N–H and O–H groups in total. The Bertz CT molecular complexity index is 461. The first-order chi connectivity index (χ1) is 8.88. The van der Waals surface area contributed by atoms with Crippen molar-refractivity contribution in [3.8, 4) is 0 Å². The van der Waals surface area contributed by atoms with Crippen LogP contribution >= 0.6 is 0 Å². The first-order valence-corrected chi connectivity index (χ1v) is 6.41. The summed E-state index contributed by atoms with van der Waals surface area (Å²) in [5.41, 5.74) is 2.54. The average molecular weight is 238 g/mol. The zero-order valence-electron chi connectivity index (χ0n) is 10.5. The Labute approximate surface area is 108 Å². The van der Waals surface area contributed by atoms with Gasteiger partial charge in [-0.25, -0.2) is 0 Å². The maximum absolute atomic E-state index is 11.1. The van der Waals surface area contributed by atoms with Crippen LogP contribution in [0.5, 0.6) is 0 Å². The molecule has 0 aliphatic carbocycles. The molecule has 1 atom stereocenters. The van der Waals surface area contributed by atoms with Gasteiger partial charge >= 0.3 is 0 Å². The lowest BCUT2D eigenvalue weighted by atomic mass is 9.94. The molecule has 0 unspecified atom stereocenters. The molecule has 0 amide bonds. The fourth-order valence-electron chi connectivity index (χ4n) is 2.13. The minimum atomic E-state index is 0.118. The van der Waals surface area contributed by atoms with Gasteiger partial charge in [0.25, 0.3) is 0 Å². The van der Waals surface area contributed by atoms with Gasteiger partial charge in [-0.1, -0.05) is 60.7 Å². The second-order valence-corrected chi connectivity index (χ2v) is 4.61. The minimum Gasteiger partial charge on any atom is -0.303 e. The zero-order valence-corrected chi connectivity index (χ0v) is 10.5. The maximum atomic E-state index is 11.1. The van der Waals surface area contributed by atoms with Crippen LogP contribution < -0.4 is 0 Å². The summed E-state index contributed by atoms with van der Waals surface area (Å²) in [5, 5.41) is 0. The number of carbonyl (C=O) groups is 1. The van der Waals surface area contributed by atoms with Gasteiger partial charge in [-0.3, -0.25) is 0 Å². The minimum absolute atomic E-state index is 0.118. The van der Waals surface area contributed by atoms with E-state index in [1.165, 1.54) is 11.1 Å². The number of carbonyl (C=O) groups excluding carboxylic acids is 1. The summed E-state index contributed by atoms with van der Waals surface area (Å²) >= 11 is 0. The Morgan fingerprint density at radius 2 is 1.39 bits per heavy atom. The summed E-state index contributed by atoms with van der Waals surface area (Å²) in [4.78, 5) is 11.1. The van der Waals surface area contributed by atoms with Gasteiger partial charge in [0.15, 0.2) is 0 Å². The van der Waals surface area contributed by atoms with Crippen LogP contribution in [0.1, 0.15) is 17.5 Å². The second kappa shape index (κ2) is 6.75. The molecule has 0 spiro atoms. The van der Waals surface area contributed by atoms with Crippen LogP contribution in [0.4, 0.5) is 0 Å². The average Bonchev–Trinajstić information content (AvgIpc) is 2.45. The van der Waals surface area contributed by atoms with Crippen LogP contribution in [0.2, 0.25) is 0 Å². The Morgan fingerprint density at radius 1 is 0.833 bits per heavy atom. The Hall–Kier alpha value is -1.89. The van der Waals surface area contributed by atoms with Gasteiger partial charge in [0.05, 0.1) is 0 Å². The predicted octanol–water partition coefficient (Wildman–Crippen LogP) is 3.68. The molecule has 1 heteroatoms. The molecular weight excluding hydrogens is 220 g/mol. The molecule has 0 radical (unpaired) electrons. The summed E-state index contributed by atoms with van der Waals surface area (Å²) in [5.74, 6) is 0.118. The van der Waals surface area contributed by atoms with Crippen molar-refractivity contribution in [2.45, 2.75) is 19.3 Å². The molecule has 2 aromatic rings. The van der Waals surface area contributed by atoms with Gasteiger partial charge < -0.3 is 4.79 Å². The van der Waals surface area contributed by atoms with Crippen LogP contribution in [0.25, 0.3) is 0 Å². The smallest absolute Gasteiger partial charge is 0.123 e. The van der Waals surface area contributed by atoms with E-state index >= 15 is 0 Å². The summed E-state index contributed by atoms with van der Waals surface area (Å²) in [7, 11) is 0. The van der Waals surface area contributed by atoms with E-state index < -0.39 is 0 Å². The number of hydrogen-bond donors (Lipinski definition) is 0. The summed E-state index contributed by atoms with van der Waals surface area (Å²) < 4.78 is 0. The molecule has 0 saturated heterocycles. The van der Waals surface area contributed by atoms with E-state index in [0.29, 0.717) is 0 Å². The molecule has 0 saturated carbocycles. The Balaban J connectivity index is 1.88. The highest BCUT2D eigenvalue weighted by atomic mass is 16.1. The highest BCUT2D eigenvalue weighted by Gasteiger charge is 2.08. The van der Waals surface area contributed by atoms with E-state index in [0.717, 1.165) is 25.5 Å². The summed E-state index contributed by atoms with van der Waals surface area (Å²) in [6.07, 6.45) is 3.83. The number of aldehydes is 1. The lowest BCUT2D eigenvalue weighted by Crippen LogP contribution is -2.07. The molecular formula is C17H18O. The Morgan fingerprint density at radius 3 is 1.94 bits per heavy atom. The highest BCUT2D eigenvalue weighted by Crippen LogP contribution is 2.13. The van der Waals surface area contributed by atoms with Crippen molar-refractivity contribution < 1.29 is 4.79 Å². The predicted molar refractivity (Wildman–Crippen MR) is 74.5 cm³/mol. The highest BCUT2D eigenvalue weighted by molar-refractivity contribution is 5.54. The van der Waals surface area contributed by atoms with Crippen LogP contribution in [0.15, 0.2) is 60.7 Å². The number of rotatable bonds is 6. The molecule has 0 aliphatic rings. The summed E-state index contributed by atoms with van der Waals surface area (Å²) in [6.45, 7) is 0.